The van der Waals surface area contributed by atoms with Crippen LogP contribution in [0.5, 0.6) is 0 Å². The maximum atomic E-state index is 3.34. The third-order valence-corrected chi connectivity index (χ3v) is 3.66. The maximum absolute atomic E-state index is 3.34. The molecule has 1 fully saturated rings. The van der Waals surface area contributed by atoms with Gasteiger partial charge in [-0.2, -0.15) is 0 Å². The number of nitrogens with zero attached hydrogens (tertiary/aromatic N) is 1. The van der Waals surface area contributed by atoms with Gasteiger partial charge in [0.2, 0.25) is 0 Å². The van der Waals surface area contributed by atoms with Crippen molar-refractivity contribution in [1.29, 1.82) is 0 Å². The Morgan fingerprint density at radius 3 is 2.83 bits per heavy atom. The number of likely N-dealkylation sites (tertiary alicyclic amines) is 1. The molecule has 2 rings (SSSR count). The highest BCUT2D eigenvalue weighted by molar-refractivity contribution is 5.33. The molecule has 0 spiro atoms. The molecule has 1 heterocycles. The van der Waals surface area contributed by atoms with Crippen LogP contribution in [-0.4, -0.2) is 24.0 Å². The summed E-state index contributed by atoms with van der Waals surface area (Å²) < 4.78 is 0. The van der Waals surface area contributed by atoms with Crippen molar-refractivity contribution in [3.63, 3.8) is 0 Å². The van der Waals surface area contributed by atoms with Crippen LogP contribution >= 0.6 is 0 Å². The fourth-order valence-corrected chi connectivity index (χ4v) is 2.69. The highest BCUT2D eigenvalue weighted by Crippen LogP contribution is 2.20. The summed E-state index contributed by atoms with van der Waals surface area (Å²) in [5.41, 5.74) is 1.13. The molecule has 0 bridgehead atoms. The zero-order valence-corrected chi connectivity index (χ0v) is 11.4. The molecule has 1 heteroatoms. The lowest BCUT2D eigenvalue weighted by molar-refractivity contribution is 0.158. The van der Waals surface area contributed by atoms with Crippen molar-refractivity contribution >= 4 is 0 Å². The average Bonchev–Trinajstić information content (AvgIpc) is 2.42. The Bertz CT molecular complexity index is 397. The minimum absolute atomic E-state index is 0.772. The number of rotatable bonds is 3. The first kappa shape index (κ1) is 13.2. The largest absolute Gasteiger partial charge is 0.289 e. The van der Waals surface area contributed by atoms with Crippen molar-refractivity contribution in [3.05, 3.63) is 35.9 Å². The molecule has 96 valence electrons. The van der Waals surface area contributed by atoms with Crippen molar-refractivity contribution in [1.82, 2.24) is 4.90 Å². The van der Waals surface area contributed by atoms with Gasteiger partial charge in [-0.25, -0.2) is 0 Å². The maximum Gasteiger partial charge on any atom is 0.0607 e. The van der Waals surface area contributed by atoms with E-state index in [0.717, 1.165) is 18.2 Å². The summed E-state index contributed by atoms with van der Waals surface area (Å²) in [5, 5.41) is 0. The zero-order valence-electron chi connectivity index (χ0n) is 11.4. The van der Waals surface area contributed by atoms with Gasteiger partial charge in [0.25, 0.3) is 0 Å². The Kier molecular flexibility index (Phi) is 5.30. The summed E-state index contributed by atoms with van der Waals surface area (Å²) in [6.07, 6.45) is 6.71. The summed E-state index contributed by atoms with van der Waals surface area (Å²) in [4.78, 5) is 2.57. The lowest BCUT2D eigenvalue weighted by Gasteiger charge is -2.34. The normalized spacial score (nSPS) is 20.2. The van der Waals surface area contributed by atoms with Crippen LogP contribution in [0.1, 0.15) is 44.6 Å². The summed E-state index contributed by atoms with van der Waals surface area (Å²) in [7, 11) is 0. The van der Waals surface area contributed by atoms with E-state index in [2.05, 4.69) is 35.8 Å². The van der Waals surface area contributed by atoms with Crippen LogP contribution in [0.4, 0.5) is 0 Å². The smallest absolute Gasteiger partial charge is 0.0607 e. The topological polar surface area (TPSA) is 3.24 Å². The molecule has 1 atom stereocenters. The molecule has 1 unspecified atom stereocenters. The van der Waals surface area contributed by atoms with E-state index in [4.69, 9.17) is 0 Å². The molecule has 0 radical (unpaired) electrons. The second kappa shape index (κ2) is 7.24. The van der Waals surface area contributed by atoms with Gasteiger partial charge in [-0.15, -0.1) is 0 Å². The molecule has 1 aliphatic heterocycles. The van der Waals surface area contributed by atoms with E-state index in [-0.39, 0.29) is 0 Å². The molecule has 0 saturated carbocycles. The number of hydrogen-bond acceptors (Lipinski definition) is 1. The molecule has 18 heavy (non-hydrogen) atoms. The average molecular weight is 241 g/mol. The van der Waals surface area contributed by atoms with Crippen LogP contribution in [0, 0.1) is 11.8 Å². The van der Waals surface area contributed by atoms with Crippen LogP contribution < -0.4 is 0 Å². The van der Waals surface area contributed by atoms with E-state index in [1.165, 1.54) is 38.6 Å². The third kappa shape index (κ3) is 3.89. The molecule has 0 aromatic heterocycles. The van der Waals surface area contributed by atoms with E-state index >= 15 is 0 Å². The quantitative estimate of drug-likeness (QED) is 0.729. The second-order valence-corrected chi connectivity index (χ2v) is 5.08. The minimum Gasteiger partial charge on any atom is -0.289 e. The van der Waals surface area contributed by atoms with Gasteiger partial charge in [-0.1, -0.05) is 49.8 Å². The fourth-order valence-electron chi connectivity index (χ4n) is 2.69. The van der Waals surface area contributed by atoms with E-state index < -0.39 is 0 Å². The first-order chi connectivity index (χ1) is 8.90. The van der Waals surface area contributed by atoms with Crippen molar-refractivity contribution in [3.8, 4) is 11.8 Å². The van der Waals surface area contributed by atoms with E-state index in [0.29, 0.717) is 0 Å². The molecule has 1 saturated heterocycles. The monoisotopic (exact) mass is 241 g/mol. The predicted octanol–water partition coefficient (Wildman–Crippen LogP) is 3.69. The third-order valence-electron chi connectivity index (χ3n) is 3.66. The Morgan fingerprint density at radius 2 is 2.06 bits per heavy atom. The van der Waals surface area contributed by atoms with Crippen molar-refractivity contribution in [2.75, 3.05) is 13.1 Å². The first-order valence-electron chi connectivity index (χ1n) is 7.18. The molecular formula is C17H23N. The van der Waals surface area contributed by atoms with Crippen molar-refractivity contribution in [2.45, 2.75) is 45.1 Å². The summed E-state index contributed by atoms with van der Waals surface area (Å²) in [5.74, 6) is 6.60. The number of hydrogen-bond donors (Lipinski definition) is 0. The molecule has 1 aromatic rings. The molecule has 0 aliphatic carbocycles. The number of piperidine rings is 1. The first-order valence-corrected chi connectivity index (χ1v) is 7.18. The molecule has 0 amide bonds. The van der Waals surface area contributed by atoms with Crippen LogP contribution in [0.3, 0.4) is 0 Å². The van der Waals surface area contributed by atoms with Crippen LogP contribution in [0.25, 0.3) is 0 Å². The fraction of sp³-hybridized carbons (Fsp3) is 0.529. The van der Waals surface area contributed by atoms with E-state index in [1.807, 2.05) is 18.2 Å². The summed E-state index contributed by atoms with van der Waals surface area (Å²) in [6.45, 7) is 4.44. The summed E-state index contributed by atoms with van der Waals surface area (Å²) in [6, 6.07) is 11.1. The van der Waals surface area contributed by atoms with E-state index in [1.54, 1.807) is 0 Å². The van der Waals surface area contributed by atoms with Gasteiger partial charge in [-0.3, -0.25) is 4.90 Å². The van der Waals surface area contributed by atoms with Crippen LogP contribution in [0.15, 0.2) is 30.3 Å². The van der Waals surface area contributed by atoms with Crippen molar-refractivity contribution in [2.24, 2.45) is 0 Å². The van der Waals surface area contributed by atoms with Crippen LogP contribution in [-0.2, 0) is 0 Å². The molecular weight excluding hydrogens is 218 g/mol. The highest BCUT2D eigenvalue weighted by atomic mass is 15.2. The Hall–Kier alpha value is -1.26. The minimum atomic E-state index is 0.772. The molecule has 1 aromatic carbocycles. The van der Waals surface area contributed by atoms with Gasteiger partial charge in [0.1, 0.15) is 0 Å². The predicted molar refractivity (Wildman–Crippen MR) is 77.4 cm³/mol. The SMILES string of the molecule is CCCC1CCCCN1CC#Cc1ccccc1. The Labute approximate surface area is 111 Å². The van der Waals surface area contributed by atoms with Gasteiger partial charge in [-0.05, 0) is 37.9 Å². The lowest BCUT2D eigenvalue weighted by Crippen LogP contribution is -2.39. The Morgan fingerprint density at radius 1 is 1.22 bits per heavy atom. The molecule has 1 nitrogen and oxygen atoms in total. The standard InChI is InChI=1S/C17H23N/c1-2-9-17-13-6-7-14-18(17)15-8-12-16-10-4-3-5-11-16/h3-5,10-11,17H,2,6-7,9,13-15H2,1H3. The van der Waals surface area contributed by atoms with Gasteiger partial charge in [0, 0.05) is 11.6 Å². The number of benzene rings is 1. The van der Waals surface area contributed by atoms with Gasteiger partial charge < -0.3 is 0 Å². The molecule has 0 N–H and O–H groups in total. The molecule has 1 aliphatic rings. The summed E-state index contributed by atoms with van der Waals surface area (Å²) >= 11 is 0. The zero-order chi connectivity index (χ0) is 12.6. The Balaban J connectivity index is 1.90. The lowest BCUT2D eigenvalue weighted by atomic mass is 9.98. The highest BCUT2D eigenvalue weighted by Gasteiger charge is 2.20. The van der Waals surface area contributed by atoms with Gasteiger partial charge in [0.05, 0.1) is 6.54 Å². The van der Waals surface area contributed by atoms with Gasteiger partial charge >= 0.3 is 0 Å². The van der Waals surface area contributed by atoms with E-state index in [9.17, 15) is 0 Å². The van der Waals surface area contributed by atoms with Gasteiger partial charge in [0.15, 0.2) is 0 Å². The van der Waals surface area contributed by atoms with Crippen LogP contribution in [0.2, 0.25) is 0 Å². The second-order valence-electron chi connectivity index (χ2n) is 5.08. The van der Waals surface area contributed by atoms with Crippen molar-refractivity contribution < 1.29 is 0 Å².